The zero-order chi connectivity index (χ0) is 13.4. The molecule has 108 valence electrons. The number of rotatable bonds is 7. The fourth-order valence-electron chi connectivity index (χ4n) is 1.32. The van der Waals surface area contributed by atoms with Crippen molar-refractivity contribution in [1.29, 1.82) is 0 Å². The van der Waals surface area contributed by atoms with Crippen LogP contribution in [0.5, 0.6) is 0 Å². The van der Waals surface area contributed by atoms with E-state index in [1.54, 1.807) is 25.3 Å². The summed E-state index contributed by atoms with van der Waals surface area (Å²) in [6.07, 6.45) is 0. The first-order valence-corrected chi connectivity index (χ1v) is 6.34. The predicted octanol–water partition coefficient (Wildman–Crippen LogP) is 1.85. The minimum atomic E-state index is -0.199. The Morgan fingerprint density at radius 3 is 2.74 bits per heavy atom. The van der Waals surface area contributed by atoms with E-state index in [-0.39, 0.29) is 18.3 Å². The van der Waals surface area contributed by atoms with Crippen LogP contribution in [-0.4, -0.2) is 39.4 Å². The van der Waals surface area contributed by atoms with Crippen molar-refractivity contribution in [2.24, 2.45) is 0 Å². The number of amides is 1. The first-order valence-electron chi connectivity index (χ1n) is 5.55. The average molecular weight is 354 g/mol. The Balaban J connectivity index is 0.00000324. The lowest BCUT2D eigenvalue weighted by Crippen LogP contribution is -2.28. The summed E-state index contributed by atoms with van der Waals surface area (Å²) in [7, 11) is 1.61. The molecule has 0 spiro atoms. The molecule has 0 fully saturated rings. The second-order valence-electron chi connectivity index (χ2n) is 3.59. The first-order chi connectivity index (χ1) is 8.65. The van der Waals surface area contributed by atoms with Gasteiger partial charge in [0, 0.05) is 23.8 Å². The molecule has 0 heterocycles. The number of hydrogen-bond acceptors (Lipinski definition) is 4. The molecule has 0 atom stereocenters. The van der Waals surface area contributed by atoms with Crippen LogP contribution in [0.15, 0.2) is 22.7 Å². The molecule has 0 aliphatic rings. The van der Waals surface area contributed by atoms with Gasteiger partial charge in [0.05, 0.1) is 25.4 Å². The number of anilines is 1. The molecule has 0 saturated carbocycles. The van der Waals surface area contributed by atoms with Crippen molar-refractivity contribution in [2.75, 3.05) is 39.2 Å². The van der Waals surface area contributed by atoms with Gasteiger partial charge in [-0.3, -0.25) is 4.79 Å². The van der Waals surface area contributed by atoms with Crippen LogP contribution in [0.3, 0.4) is 0 Å². The third-order valence-corrected chi connectivity index (χ3v) is 2.72. The second-order valence-corrected chi connectivity index (χ2v) is 4.51. The van der Waals surface area contributed by atoms with Gasteiger partial charge in [-0.15, -0.1) is 12.4 Å². The summed E-state index contributed by atoms with van der Waals surface area (Å²) < 4.78 is 10.9. The molecule has 1 aromatic rings. The van der Waals surface area contributed by atoms with Crippen LogP contribution < -0.4 is 11.1 Å². The quantitative estimate of drug-likeness (QED) is 0.579. The first kappa shape index (κ1) is 18.2. The summed E-state index contributed by atoms with van der Waals surface area (Å²) in [5.74, 6) is -0.199. The molecule has 1 amide bonds. The number of benzene rings is 1. The van der Waals surface area contributed by atoms with Gasteiger partial charge in [0.2, 0.25) is 0 Å². The third kappa shape index (κ3) is 6.77. The van der Waals surface area contributed by atoms with E-state index in [0.29, 0.717) is 37.6 Å². The molecular weight excluding hydrogens is 336 g/mol. The van der Waals surface area contributed by atoms with Crippen LogP contribution in [-0.2, 0) is 9.47 Å². The van der Waals surface area contributed by atoms with E-state index in [1.807, 2.05) is 0 Å². The summed E-state index contributed by atoms with van der Waals surface area (Å²) in [4.78, 5) is 11.8. The van der Waals surface area contributed by atoms with E-state index in [0.717, 1.165) is 4.47 Å². The molecule has 0 unspecified atom stereocenters. The number of carbonyl (C=O) groups excluding carboxylic acids is 1. The lowest BCUT2D eigenvalue weighted by molar-refractivity contribution is 0.0693. The molecule has 3 N–H and O–H groups in total. The number of nitrogens with one attached hydrogen (secondary N) is 1. The van der Waals surface area contributed by atoms with Crippen molar-refractivity contribution in [3.8, 4) is 0 Å². The minimum absolute atomic E-state index is 0. The molecule has 0 aromatic heterocycles. The summed E-state index contributed by atoms with van der Waals surface area (Å²) in [6, 6.07) is 5.16. The Labute approximate surface area is 127 Å². The van der Waals surface area contributed by atoms with Gasteiger partial charge in [0.15, 0.2) is 0 Å². The third-order valence-electron chi connectivity index (χ3n) is 2.22. The molecule has 0 radical (unpaired) electrons. The lowest BCUT2D eigenvalue weighted by atomic mass is 10.1. The topological polar surface area (TPSA) is 73.6 Å². The highest BCUT2D eigenvalue weighted by Gasteiger charge is 2.08. The van der Waals surface area contributed by atoms with E-state index in [2.05, 4.69) is 21.2 Å². The summed E-state index contributed by atoms with van der Waals surface area (Å²) in [5.41, 5.74) is 6.67. The van der Waals surface area contributed by atoms with E-state index in [4.69, 9.17) is 15.2 Å². The number of nitrogens with two attached hydrogens (primary N) is 1. The van der Waals surface area contributed by atoms with Gasteiger partial charge in [-0.25, -0.2) is 0 Å². The van der Waals surface area contributed by atoms with Gasteiger partial charge in [-0.1, -0.05) is 15.9 Å². The Kier molecular flexibility index (Phi) is 9.59. The van der Waals surface area contributed by atoms with Crippen molar-refractivity contribution in [2.45, 2.75) is 0 Å². The molecule has 19 heavy (non-hydrogen) atoms. The number of ether oxygens (including phenoxy) is 2. The smallest absolute Gasteiger partial charge is 0.253 e. The van der Waals surface area contributed by atoms with Gasteiger partial charge < -0.3 is 20.5 Å². The maximum Gasteiger partial charge on any atom is 0.253 e. The van der Waals surface area contributed by atoms with Crippen LogP contribution in [0.2, 0.25) is 0 Å². The number of carbonyl (C=O) groups is 1. The molecule has 1 rings (SSSR count). The molecule has 0 aliphatic carbocycles. The SMILES string of the molecule is COCCOCCNC(=O)c1ccc(Br)cc1N.Cl. The molecule has 0 aliphatic heterocycles. The van der Waals surface area contributed by atoms with E-state index in [1.165, 1.54) is 0 Å². The molecule has 5 nitrogen and oxygen atoms in total. The summed E-state index contributed by atoms with van der Waals surface area (Å²) in [5, 5.41) is 2.74. The van der Waals surface area contributed by atoms with Gasteiger partial charge >= 0.3 is 0 Å². The second kappa shape index (κ2) is 10.0. The lowest BCUT2D eigenvalue weighted by Gasteiger charge is -2.08. The van der Waals surface area contributed by atoms with Gasteiger partial charge in [-0.2, -0.15) is 0 Å². The highest BCUT2D eigenvalue weighted by atomic mass is 79.9. The highest BCUT2D eigenvalue weighted by molar-refractivity contribution is 9.10. The Hall–Kier alpha value is -0.820. The molecule has 0 saturated heterocycles. The molecular formula is C12H18BrClN2O3. The summed E-state index contributed by atoms with van der Waals surface area (Å²) in [6.45, 7) is 1.96. The van der Waals surface area contributed by atoms with Crippen LogP contribution in [0.4, 0.5) is 5.69 Å². The van der Waals surface area contributed by atoms with Crippen LogP contribution in [0, 0.1) is 0 Å². The Morgan fingerprint density at radius 2 is 2.11 bits per heavy atom. The number of methoxy groups -OCH3 is 1. The van der Waals surface area contributed by atoms with Crippen LogP contribution in [0.25, 0.3) is 0 Å². The van der Waals surface area contributed by atoms with Gasteiger partial charge in [-0.05, 0) is 18.2 Å². The van der Waals surface area contributed by atoms with Crippen molar-refractivity contribution in [3.05, 3.63) is 28.2 Å². The molecule has 0 bridgehead atoms. The number of nitrogen functional groups attached to an aromatic ring is 1. The zero-order valence-electron chi connectivity index (χ0n) is 10.6. The fourth-order valence-corrected chi connectivity index (χ4v) is 1.70. The number of halogens is 2. The normalized spacial score (nSPS) is 9.79. The van der Waals surface area contributed by atoms with Crippen molar-refractivity contribution < 1.29 is 14.3 Å². The summed E-state index contributed by atoms with van der Waals surface area (Å²) >= 11 is 3.29. The highest BCUT2D eigenvalue weighted by Crippen LogP contribution is 2.18. The van der Waals surface area contributed by atoms with Crippen LogP contribution >= 0.6 is 28.3 Å². The zero-order valence-corrected chi connectivity index (χ0v) is 13.1. The number of hydrogen-bond donors (Lipinski definition) is 2. The van der Waals surface area contributed by atoms with Gasteiger partial charge in [0.25, 0.3) is 5.91 Å². The maximum absolute atomic E-state index is 11.8. The van der Waals surface area contributed by atoms with Crippen molar-refractivity contribution in [3.63, 3.8) is 0 Å². The maximum atomic E-state index is 11.8. The Bertz CT molecular complexity index is 405. The fraction of sp³-hybridized carbons (Fsp3) is 0.417. The standard InChI is InChI=1S/C12H17BrN2O3.ClH/c1-17-6-7-18-5-4-15-12(16)10-3-2-9(13)8-11(10)14;/h2-3,8H,4-7,14H2,1H3,(H,15,16);1H. The Morgan fingerprint density at radius 1 is 1.37 bits per heavy atom. The molecule has 7 heteroatoms. The van der Waals surface area contributed by atoms with Crippen LogP contribution in [0.1, 0.15) is 10.4 Å². The monoisotopic (exact) mass is 352 g/mol. The van der Waals surface area contributed by atoms with E-state index >= 15 is 0 Å². The van der Waals surface area contributed by atoms with Crippen molar-refractivity contribution in [1.82, 2.24) is 5.32 Å². The van der Waals surface area contributed by atoms with Gasteiger partial charge in [0.1, 0.15) is 0 Å². The van der Waals surface area contributed by atoms with E-state index < -0.39 is 0 Å². The minimum Gasteiger partial charge on any atom is -0.398 e. The predicted molar refractivity (Wildman–Crippen MR) is 80.8 cm³/mol. The van der Waals surface area contributed by atoms with E-state index in [9.17, 15) is 4.79 Å². The largest absolute Gasteiger partial charge is 0.398 e. The molecule has 1 aromatic carbocycles. The average Bonchev–Trinajstić information content (AvgIpc) is 2.33. The van der Waals surface area contributed by atoms with Crippen molar-refractivity contribution >= 4 is 39.9 Å².